The first-order chi connectivity index (χ1) is 9.06. The second-order valence-electron chi connectivity index (χ2n) is 4.10. The summed E-state index contributed by atoms with van der Waals surface area (Å²) < 4.78 is 18.1. The van der Waals surface area contributed by atoms with Crippen molar-refractivity contribution in [3.8, 4) is 5.75 Å². The predicted molar refractivity (Wildman–Crippen MR) is 68.6 cm³/mol. The van der Waals surface area contributed by atoms with Gasteiger partial charge in [0, 0.05) is 6.07 Å². The first-order valence-electron chi connectivity index (χ1n) is 5.76. The lowest BCUT2D eigenvalue weighted by Crippen LogP contribution is -2.20. The number of aromatic amines is 1. The number of rotatable bonds is 4. The second-order valence-corrected chi connectivity index (χ2v) is 4.10. The van der Waals surface area contributed by atoms with Crippen LogP contribution in [0.3, 0.4) is 0 Å². The molecule has 0 aliphatic rings. The molecule has 1 aromatic heterocycles. The Labute approximate surface area is 109 Å². The van der Waals surface area contributed by atoms with Gasteiger partial charge in [0.15, 0.2) is 6.61 Å². The molecule has 0 unspecified atom stereocenters. The van der Waals surface area contributed by atoms with Gasteiger partial charge in [0.25, 0.3) is 5.91 Å². The molecule has 2 N–H and O–H groups in total. The normalized spacial score (nSPS) is 10.3. The monoisotopic (exact) mass is 263 g/mol. The minimum absolute atomic E-state index is 0.187. The molecular formula is C13H14FN3O2. The highest BCUT2D eigenvalue weighted by atomic mass is 19.1. The van der Waals surface area contributed by atoms with E-state index in [0.29, 0.717) is 17.1 Å². The molecule has 0 spiro atoms. The molecule has 1 heterocycles. The summed E-state index contributed by atoms with van der Waals surface area (Å²) in [6.45, 7) is 3.41. The van der Waals surface area contributed by atoms with Crippen LogP contribution in [0.5, 0.6) is 5.75 Å². The number of hydrogen-bond donors (Lipinski definition) is 2. The van der Waals surface area contributed by atoms with Crippen LogP contribution >= 0.6 is 0 Å². The number of anilines is 1. The maximum atomic E-state index is 12.9. The SMILES string of the molecule is Cc1n[nH]c(C)c1NC(=O)COc1cccc(F)c1. The highest BCUT2D eigenvalue weighted by Crippen LogP contribution is 2.16. The summed E-state index contributed by atoms with van der Waals surface area (Å²) in [6.07, 6.45) is 0. The number of benzene rings is 1. The minimum Gasteiger partial charge on any atom is -0.484 e. The molecule has 0 saturated carbocycles. The molecule has 5 nitrogen and oxygen atoms in total. The number of carbonyl (C=O) groups excluding carboxylic acids is 1. The third kappa shape index (κ3) is 3.31. The van der Waals surface area contributed by atoms with Crippen LogP contribution in [0.2, 0.25) is 0 Å². The fourth-order valence-electron chi connectivity index (χ4n) is 1.62. The first-order valence-corrected chi connectivity index (χ1v) is 5.76. The summed E-state index contributed by atoms with van der Waals surface area (Å²) >= 11 is 0. The van der Waals surface area contributed by atoms with Gasteiger partial charge in [-0.1, -0.05) is 6.07 Å². The summed E-state index contributed by atoms with van der Waals surface area (Å²) in [6, 6.07) is 5.64. The molecule has 0 bridgehead atoms. The molecule has 1 amide bonds. The molecule has 100 valence electrons. The molecule has 0 atom stereocenters. The van der Waals surface area contributed by atoms with E-state index < -0.39 is 5.82 Å². The van der Waals surface area contributed by atoms with Crippen LogP contribution in [0.4, 0.5) is 10.1 Å². The highest BCUT2D eigenvalue weighted by molar-refractivity contribution is 5.92. The maximum absolute atomic E-state index is 12.9. The van der Waals surface area contributed by atoms with E-state index >= 15 is 0 Å². The number of nitrogens with one attached hydrogen (secondary N) is 2. The van der Waals surface area contributed by atoms with Gasteiger partial charge in [-0.15, -0.1) is 0 Å². The van der Waals surface area contributed by atoms with Crippen molar-refractivity contribution in [2.24, 2.45) is 0 Å². The Balaban J connectivity index is 1.92. The van der Waals surface area contributed by atoms with Crippen molar-refractivity contribution in [1.82, 2.24) is 10.2 Å². The Morgan fingerprint density at radius 2 is 2.26 bits per heavy atom. The summed E-state index contributed by atoms with van der Waals surface area (Å²) in [7, 11) is 0. The molecule has 2 rings (SSSR count). The van der Waals surface area contributed by atoms with E-state index in [0.717, 1.165) is 5.69 Å². The summed E-state index contributed by atoms with van der Waals surface area (Å²) in [5.41, 5.74) is 2.13. The van der Waals surface area contributed by atoms with Gasteiger partial charge < -0.3 is 10.1 Å². The van der Waals surface area contributed by atoms with Crippen molar-refractivity contribution < 1.29 is 13.9 Å². The summed E-state index contributed by atoms with van der Waals surface area (Å²) in [5.74, 6) is -0.410. The number of H-pyrrole nitrogens is 1. The maximum Gasteiger partial charge on any atom is 0.262 e. The minimum atomic E-state index is -0.403. The number of carbonyl (C=O) groups is 1. The van der Waals surface area contributed by atoms with Gasteiger partial charge in [0.1, 0.15) is 11.6 Å². The lowest BCUT2D eigenvalue weighted by Gasteiger charge is -2.07. The number of aromatic nitrogens is 2. The van der Waals surface area contributed by atoms with Crippen LogP contribution in [-0.2, 0) is 4.79 Å². The lowest BCUT2D eigenvalue weighted by atomic mass is 10.3. The van der Waals surface area contributed by atoms with Crippen molar-refractivity contribution in [3.05, 3.63) is 41.5 Å². The molecule has 19 heavy (non-hydrogen) atoms. The number of ether oxygens (including phenoxy) is 1. The first kappa shape index (κ1) is 13.1. The molecule has 1 aromatic carbocycles. The Bertz CT molecular complexity index is 576. The van der Waals surface area contributed by atoms with E-state index in [1.807, 2.05) is 6.92 Å². The average Bonchev–Trinajstić information content (AvgIpc) is 2.68. The molecule has 6 heteroatoms. The van der Waals surface area contributed by atoms with Crippen molar-refractivity contribution in [2.75, 3.05) is 11.9 Å². The molecule has 0 aliphatic carbocycles. The molecule has 0 aliphatic heterocycles. The van der Waals surface area contributed by atoms with E-state index in [4.69, 9.17) is 4.74 Å². The second kappa shape index (κ2) is 5.51. The van der Waals surface area contributed by atoms with Gasteiger partial charge in [0.05, 0.1) is 17.1 Å². The highest BCUT2D eigenvalue weighted by Gasteiger charge is 2.10. The van der Waals surface area contributed by atoms with Gasteiger partial charge in [-0.05, 0) is 26.0 Å². The van der Waals surface area contributed by atoms with Crippen LogP contribution < -0.4 is 10.1 Å². The Kier molecular flexibility index (Phi) is 3.79. The number of halogens is 1. The third-order valence-electron chi connectivity index (χ3n) is 2.56. The zero-order valence-electron chi connectivity index (χ0n) is 10.7. The zero-order valence-corrected chi connectivity index (χ0v) is 10.7. The number of hydrogen-bond acceptors (Lipinski definition) is 3. The topological polar surface area (TPSA) is 67.0 Å². The van der Waals surface area contributed by atoms with Crippen LogP contribution in [0, 0.1) is 19.7 Å². The summed E-state index contributed by atoms with van der Waals surface area (Å²) in [4.78, 5) is 11.7. The standard InChI is InChI=1S/C13H14FN3O2/c1-8-13(9(2)17-16-8)15-12(18)7-19-11-5-3-4-10(14)6-11/h3-6H,7H2,1-2H3,(H,15,18)(H,16,17). The fraction of sp³-hybridized carbons (Fsp3) is 0.231. The van der Waals surface area contributed by atoms with Crippen molar-refractivity contribution in [2.45, 2.75) is 13.8 Å². The molecular weight excluding hydrogens is 249 g/mol. The van der Waals surface area contributed by atoms with Crippen molar-refractivity contribution in [1.29, 1.82) is 0 Å². The van der Waals surface area contributed by atoms with E-state index in [2.05, 4.69) is 15.5 Å². The molecule has 2 aromatic rings. The smallest absolute Gasteiger partial charge is 0.262 e. The van der Waals surface area contributed by atoms with Gasteiger partial charge >= 0.3 is 0 Å². The van der Waals surface area contributed by atoms with Gasteiger partial charge in [-0.2, -0.15) is 5.10 Å². The van der Waals surface area contributed by atoms with E-state index in [1.54, 1.807) is 13.0 Å². The van der Waals surface area contributed by atoms with E-state index in [-0.39, 0.29) is 12.5 Å². The van der Waals surface area contributed by atoms with Crippen LogP contribution in [0.25, 0.3) is 0 Å². The largest absolute Gasteiger partial charge is 0.484 e. The Morgan fingerprint density at radius 3 is 2.89 bits per heavy atom. The lowest BCUT2D eigenvalue weighted by molar-refractivity contribution is -0.118. The van der Waals surface area contributed by atoms with Crippen LogP contribution in [0.15, 0.2) is 24.3 Å². The zero-order chi connectivity index (χ0) is 13.8. The van der Waals surface area contributed by atoms with Crippen LogP contribution in [0.1, 0.15) is 11.4 Å². The molecule has 0 fully saturated rings. The third-order valence-corrected chi connectivity index (χ3v) is 2.56. The van der Waals surface area contributed by atoms with Crippen LogP contribution in [-0.4, -0.2) is 22.7 Å². The van der Waals surface area contributed by atoms with Crippen molar-refractivity contribution in [3.63, 3.8) is 0 Å². The number of aryl methyl sites for hydroxylation is 2. The fourth-order valence-corrected chi connectivity index (χ4v) is 1.62. The van der Waals surface area contributed by atoms with Gasteiger partial charge in [0.2, 0.25) is 0 Å². The van der Waals surface area contributed by atoms with E-state index in [1.165, 1.54) is 18.2 Å². The van der Waals surface area contributed by atoms with Crippen molar-refractivity contribution >= 4 is 11.6 Å². The number of nitrogens with zero attached hydrogens (tertiary/aromatic N) is 1. The quantitative estimate of drug-likeness (QED) is 0.888. The Hall–Kier alpha value is -2.37. The Morgan fingerprint density at radius 1 is 1.47 bits per heavy atom. The van der Waals surface area contributed by atoms with E-state index in [9.17, 15) is 9.18 Å². The predicted octanol–water partition coefficient (Wildman–Crippen LogP) is 2.18. The van der Waals surface area contributed by atoms with Gasteiger partial charge in [-0.25, -0.2) is 4.39 Å². The average molecular weight is 263 g/mol. The number of amides is 1. The summed E-state index contributed by atoms with van der Waals surface area (Å²) in [5, 5.41) is 9.43. The van der Waals surface area contributed by atoms with Gasteiger partial charge in [-0.3, -0.25) is 9.89 Å². The molecule has 0 radical (unpaired) electrons. The molecule has 0 saturated heterocycles.